The number of halogens is 1. The molecule has 0 aliphatic rings. The molecule has 166 valence electrons. The third-order valence-corrected chi connectivity index (χ3v) is 4.84. The van der Waals surface area contributed by atoms with Crippen LogP contribution in [0.25, 0.3) is 0 Å². The maximum Gasteiger partial charge on any atom is 0.222 e. The van der Waals surface area contributed by atoms with Gasteiger partial charge in [0.15, 0.2) is 5.96 Å². The molecule has 7 nitrogen and oxygen atoms in total. The topological polar surface area (TPSA) is 83.3 Å². The number of aryl methyl sites for hydroxylation is 2. The lowest BCUT2D eigenvalue weighted by Crippen LogP contribution is -2.43. The number of carbonyl (C=O) groups is 1. The molecule has 1 unspecified atom stereocenters. The highest BCUT2D eigenvalue weighted by Crippen LogP contribution is 2.14. The van der Waals surface area contributed by atoms with Crippen molar-refractivity contribution < 1.29 is 4.79 Å². The normalized spacial score (nSPS) is 12.1. The molecule has 0 saturated carbocycles. The van der Waals surface area contributed by atoms with Gasteiger partial charge in [-0.1, -0.05) is 30.3 Å². The molecule has 0 fully saturated rings. The van der Waals surface area contributed by atoms with Gasteiger partial charge in [0.25, 0.3) is 0 Å². The zero-order valence-corrected chi connectivity index (χ0v) is 21.0. The van der Waals surface area contributed by atoms with Crippen LogP contribution in [0, 0.1) is 13.8 Å². The second kappa shape index (κ2) is 13.3. The minimum absolute atomic E-state index is 0. The molecule has 0 radical (unpaired) electrons. The molecule has 1 aromatic carbocycles. The van der Waals surface area contributed by atoms with E-state index < -0.39 is 0 Å². The van der Waals surface area contributed by atoms with E-state index in [0.29, 0.717) is 19.5 Å². The van der Waals surface area contributed by atoms with Crippen LogP contribution in [-0.2, 0) is 24.8 Å². The second-order valence-electron chi connectivity index (χ2n) is 7.30. The van der Waals surface area contributed by atoms with Crippen LogP contribution in [0.3, 0.4) is 0 Å². The van der Waals surface area contributed by atoms with Crippen molar-refractivity contribution in [2.24, 2.45) is 12.0 Å². The Morgan fingerprint density at radius 1 is 1.20 bits per heavy atom. The van der Waals surface area contributed by atoms with Crippen molar-refractivity contribution in [1.82, 2.24) is 25.7 Å². The first-order valence-corrected chi connectivity index (χ1v) is 10.2. The smallest absolute Gasteiger partial charge is 0.222 e. The number of guanidine groups is 1. The summed E-state index contributed by atoms with van der Waals surface area (Å²) in [4.78, 5) is 16.6. The molecule has 3 N–H and O–H groups in total. The van der Waals surface area contributed by atoms with Crippen molar-refractivity contribution in [3.05, 3.63) is 52.8 Å². The van der Waals surface area contributed by atoms with Crippen molar-refractivity contribution in [2.75, 3.05) is 13.1 Å². The second-order valence-corrected chi connectivity index (χ2v) is 7.30. The van der Waals surface area contributed by atoms with Crippen LogP contribution in [0.15, 0.2) is 35.3 Å². The fraction of sp³-hybridized carbons (Fsp3) is 0.500. The van der Waals surface area contributed by atoms with E-state index in [1.165, 1.54) is 11.3 Å². The number of aliphatic imine (C=N–C) groups is 1. The molecule has 2 aromatic rings. The lowest BCUT2D eigenvalue weighted by atomic mass is 10.1. The Bertz CT molecular complexity index is 819. The Hall–Kier alpha value is -2.10. The maximum absolute atomic E-state index is 12.1. The van der Waals surface area contributed by atoms with Crippen LogP contribution in [0.2, 0.25) is 0 Å². The van der Waals surface area contributed by atoms with Crippen LogP contribution < -0.4 is 16.0 Å². The predicted octanol–water partition coefficient (Wildman–Crippen LogP) is 2.85. The van der Waals surface area contributed by atoms with Gasteiger partial charge in [0.2, 0.25) is 5.91 Å². The van der Waals surface area contributed by atoms with E-state index in [1.54, 1.807) is 0 Å². The van der Waals surface area contributed by atoms with E-state index in [-0.39, 0.29) is 35.9 Å². The maximum atomic E-state index is 12.1. The Morgan fingerprint density at radius 2 is 1.90 bits per heavy atom. The van der Waals surface area contributed by atoms with Gasteiger partial charge in [-0.15, -0.1) is 24.0 Å². The molecule has 0 aliphatic heterocycles. The lowest BCUT2D eigenvalue weighted by molar-refractivity contribution is -0.121. The number of rotatable bonds is 9. The highest BCUT2D eigenvalue weighted by atomic mass is 127. The van der Waals surface area contributed by atoms with Crippen LogP contribution in [-0.4, -0.2) is 40.8 Å². The lowest BCUT2D eigenvalue weighted by Gasteiger charge is -2.18. The Balaban J connectivity index is 0.00000450. The molecule has 1 aromatic heterocycles. The van der Waals surface area contributed by atoms with E-state index in [1.807, 2.05) is 55.9 Å². The summed E-state index contributed by atoms with van der Waals surface area (Å²) in [7, 11) is 1.97. The van der Waals surface area contributed by atoms with Crippen molar-refractivity contribution in [3.8, 4) is 0 Å². The summed E-state index contributed by atoms with van der Waals surface area (Å²) in [5.74, 6) is 0.734. The highest BCUT2D eigenvalue weighted by molar-refractivity contribution is 14.0. The van der Waals surface area contributed by atoms with Crippen LogP contribution in [0.5, 0.6) is 0 Å². The summed E-state index contributed by atoms with van der Waals surface area (Å²) in [5.41, 5.74) is 4.61. The summed E-state index contributed by atoms with van der Waals surface area (Å²) in [5, 5.41) is 14.1. The number of aromatic nitrogens is 2. The van der Waals surface area contributed by atoms with Gasteiger partial charge in [-0.3, -0.25) is 14.5 Å². The number of carbonyl (C=O) groups excluding carboxylic acids is 1. The fourth-order valence-corrected chi connectivity index (χ4v) is 3.18. The molecule has 0 spiro atoms. The van der Waals surface area contributed by atoms with E-state index in [9.17, 15) is 4.79 Å². The van der Waals surface area contributed by atoms with Gasteiger partial charge in [-0.25, -0.2) is 0 Å². The number of nitrogens with one attached hydrogen (secondary N) is 3. The number of amides is 1. The average Bonchev–Trinajstić information content (AvgIpc) is 2.93. The minimum atomic E-state index is 0. The first-order chi connectivity index (χ1) is 13.9. The molecule has 1 atom stereocenters. The average molecular weight is 526 g/mol. The molecule has 2 rings (SSSR count). The van der Waals surface area contributed by atoms with E-state index in [4.69, 9.17) is 0 Å². The predicted molar refractivity (Wildman–Crippen MR) is 133 cm³/mol. The molecular weight excluding hydrogens is 491 g/mol. The molecule has 8 heteroatoms. The molecule has 0 saturated heterocycles. The summed E-state index contributed by atoms with van der Waals surface area (Å²) in [6.07, 6.45) is 1.23. The van der Waals surface area contributed by atoms with Crippen molar-refractivity contribution in [1.29, 1.82) is 0 Å². The molecule has 0 aliphatic carbocycles. The van der Waals surface area contributed by atoms with Crippen LogP contribution in [0.1, 0.15) is 42.8 Å². The minimum Gasteiger partial charge on any atom is -0.357 e. The van der Waals surface area contributed by atoms with Gasteiger partial charge in [-0.2, -0.15) is 5.10 Å². The van der Waals surface area contributed by atoms with Gasteiger partial charge in [0.1, 0.15) is 0 Å². The molecular formula is C22H35IN6O. The van der Waals surface area contributed by atoms with Crippen molar-refractivity contribution >= 4 is 35.8 Å². The van der Waals surface area contributed by atoms with Crippen LogP contribution in [0.4, 0.5) is 0 Å². The standard InChI is InChI=1S/C22H34N6O.HI/c1-6-23-22(26-16(2)14-20-17(3)27-28(5)18(20)4)24-13-12-21(29)25-15-19-10-8-7-9-11-19;/h7-11,16H,6,12-15H2,1-5H3,(H,25,29)(H2,23,24,26);1H. The molecule has 0 bridgehead atoms. The number of hydrogen-bond acceptors (Lipinski definition) is 3. The number of hydrogen-bond donors (Lipinski definition) is 3. The van der Waals surface area contributed by atoms with Gasteiger partial charge in [0, 0.05) is 38.3 Å². The summed E-state index contributed by atoms with van der Waals surface area (Å²) in [6, 6.07) is 10.1. The van der Waals surface area contributed by atoms with Crippen molar-refractivity contribution in [3.63, 3.8) is 0 Å². The monoisotopic (exact) mass is 526 g/mol. The quantitative estimate of drug-likeness (QED) is 0.267. The zero-order chi connectivity index (χ0) is 21.2. The van der Waals surface area contributed by atoms with E-state index in [2.05, 4.69) is 39.9 Å². The highest BCUT2D eigenvalue weighted by Gasteiger charge is 2.14. The SMILES string of the molecule is CCNC(=NCCC(=O)NCc1ccccc1)NC(C)Cc1c(C)nn(C)c1C.I. The van der Waals surface area contributed by atoms with Gasteiger partial charge in [0.05, 0.1) is 12.2 Å². The Morgan fingerprint density at radius 3 is 2.50 bits per heavy atom. The summed E-state index contributed by atoms with van der Waals surface area (Å²) < 4.78 is 1.92. The van der Waals surface area contributed by atoms with E-state index in [0.717, 1.165) is 30.2 Å². The first-order valence-electron chi connectivity index (χ1n) is 10.2. The van der Waals surface area contributed by atoms with E-state index >= 15 is 0 Å². The van der Waals surface area contributed by atoms with Crippen molar-refractivity contribution in [2.45, 2.75) is 53.1 Å². The summed E-state index contributed by atoms with van der Waals surface area (Å²) in [6.45, 7) is 10.0. The van der Waals surface area contributed by atoms with Gasteiger partial charge >= 0.3 is 0 Å². The first kappa shape index (κ1) is 25.9. The largest absolute Gasteiger partial charge is 0.357 e. The van der Waals surface area contributed by atoms with Gasteiger partial charge < -0.3 is 16.0 Å². The third kappa shape index (κ3) is 8.33. The number of nitrogens with zero attached hydrogens (tertiary/aromatic N) is 3. The van der Waals surface area contributed by atoms with Crippen LogP contribution >= 0.6 is 24.0 Å². The summed E-state index contributed by atoms with van der Waals surface area (Å²) >= 11 is 0. The molecule has 1 amide bonds. The van der Waals surface area contributed by atoms with Gasteiger partial charge in [-0.05, 0) is 45.2 Å². The number of benzene rings is 1. The Labute approximate surface area is 197 Å². The fourth-order valence-electron chi connectivity index (χ4n) is 3.18. The molecule has 30 heavy (non-hydrogen) atoms. The molecule has 1 heterocycles. The third-order valence-electron chi connectivity index (χ3n) is 4.84. The zero-order valence-electron chi connectivity index (χ0n) is 18.7. The Kier molecular flexibility index (Phi) is 11.5.